The summed E-state index contributed by atoms with van der Waals surface area (Å²) < 4.78 is 0. The molecule has 0 radical (unpaired) electrons. The number of anilines is 1. The number of pyridine rings is 1. The van der Waals surface area contributed by atoms with Crippen molar-refractivity contribution < 1.29 is 0 Å². The van der Waals surface area contributed by atoms with Gasteiger partial charge in [-0.25, -0.2) is 4.98 Å². The Morgan fingerprint density at radius 1 is 1.56 bits per heavy atom. The third-order valence-electron chi connectivity index (χ3n) is 3.02. The number of nitriles is 1. The van der Waals surface area contributed by atoms with Gasteiger partial charge in [-0.15, -0.1) is 0 Å². The van der Waals surface area contributed by atoms with Crippen molar-refractivity contribution in [2.24, 2.45) is 0 Å². The number of nitrogens with zero attached hydrogens (tertiary/aromatic N) is 3. The second-order valence-electron chi connectivity index (χ2n) is 3.98. The van der Waals surface area contributed by atoms with Crippen LogP contribution in [-0.4, -0.2) is 24.7 Å². The Labute approximate surface area is 95.9 Å². The van der Waals surface area contributed by atoms with Crippen molar-refractivity contribution in [3.8, 4) is 6.07 Å². The summed E-state index contributed by atoms with van der Waals surface area (Å²) in [6, 6.07) is 5.83. The molecule has 84 valence electrons. The predicted octanol–water partition coefficient (Wildman–Crippen LogP) is 1.49. The molecule has 0 bridgehead atoms. The summed E-state index contributed by atoms with van der Waals surface area (Å²) in [6.07, 6.45) is 5.56. The summed E-state index contributed by atoms with van der Waals surface area (Å²) in [5, 5.41) is 12.4. The quantitative estimate of drug-likeness (QED) is 0.813. The molecule has 1 aliphatic heterocycles. The van der Waals surface area contributed by atoms with Gasteiger partial charge in [0.2, 0.25) is 0 Å². The second kappa shape index (κ2) is 4.95. The summed E-state index contributed by atoms with van der Waals surface area (Å²) >= 11 is 0. The van der Waals surface area contributed by atoms with Gasteiger partial charge >= 0.3 is 0 Å². The molecule has 1 saturated heterocycles. The molecular formula is C12H16N4. The smallest absolute Gasteiger partial charge is 0.147 e. The van der Waals surface area contributed by atoms with Crippen molar-refractivity contribution in [3.05, 3.63) is 23.9 Å². The van der Waals surface area contributed by atoms with E-state index in [0.29, 0.717) is 11.7 Å². The first kappa shape index (κ1) is 10.9. The van der Waals surface area contributed by atoms with E-state index in [2.05, 4.69) is 21.3 Å². The molecule has 0 amide bonds. The van der Waals surface area contributed by atoms with Crippen molar-refractivity contribution in [2.45, 2.75) is 25.4 Å². The minimum absolute atomic E-state index is 0.302. The van der Waals surface area contributed by atoms with Gasteiger partial charge in [0.1, 0.15) is 11.9 Å². The topological polar surface area (TPSA) is 52.0 Å². The Balaban J connectivity index is 2.31. The van der Waals surface area contributed by atoms with Crippen LogP contribution in [0, 0.1) is 11.3 Å². The number of hydrogen-bond acceptors (Lipinski definition) is 4. The second-order valence-corrected chi connectivity index (χ2v) is 3.98. The highest BCUT2D eigenvalue weighted by atomic mass is 15.3. The van der Waals surface area contributed by atoms with Crippen LogP contribution in [0.15, 0.2) is 18.3 Å². The summed E-state index contributed by atoms with van der Waals surface area (Å²) in [7, 11) is 1.96. The normalized spacial score (nSPS) is 20.5. The van der Waals surface area contributed by atoms with Crippen molar-refractivity contribution in [3.63, 3.8) is 0 Å². The van der Waals surface area contributed by atoms with Gasteiger partial charge in [-0.1, -0.05) is 0 Å². The van der Waals surface area contributed by atoms with Crippen molar-refractivity contribution in [2.75, 3.05) is 18.5 Å². The van der Waals surface area contributed by atoms with E-state index in [1.165, 1.54) is 12.8 Å². The Hall–Kier alpha value is -1.60. The monoisotopic (exact) mass is 216 g/mol. The highest BCUT2D eigenvalue weighted by Crippen LogP contribution is 2.24. The summed E-state index contributed by atoms with van der Waals surface area (Å²) in [5.74, 6) is 0.809. The van der Waals surface area contributed by atoms with Crippen molar-refractivity contribution in [1.82, 2.24) is 10.3 Å². The molecule has 1 aromatic heterocycles. The Bertz CT molecular complexity index is 396. The molecule has 1 aliphatic rings. The van der Waals surface area contributed by atoms with Crippen LogP contribution in [0.1, 0.15) is 24.8 Å². The molecule has 0 saturated carbocycles. The van der Waals surface area contributed by atoms with E-state index in [4.69, 9.17) is 5.26 Å². The van der Waals surface area contributed by atoms with Gasteiger partial charge in [0, 0.05) is 12.7 Å². The minimum atomic E-state index is 0.302. The summed E-state index contributed by atoms with van der Waals surface area (Å²) in [4.78, 5) is 6.53. The van der Waals surface area contributed by atoms with Gasteiger partial charge in [0.25, 0.3) is 0 Å². The van der Waals surface area contributed by atoms with Gasteiger partial charge in [-0.3, -0.25) is 0 Å². The van der Waals surface area contributed by atoms with Gasteiger partial charge in [0.05, 0.1) is 11.7 Å². The van der Waals surface area contributed by atoms with Crippen LogP contribution in [0.5, 0.6) is 0 Å². The Kier molecular flexibility index (Phi) is 3.37. The van der Waals surface area contributed by atoms with E-state index in [1.807, 2.05) is 13.1 Å². The lowest BCUT2D eigenvalue weighted by atomic mass is 10.1. The van der Waals surface area contributed by atoms with Gasteiger partial charge in [-0.2, -0.15) is 5.26 Å². The summed E-state index contributed by atoms with van der Waals surface area (Å²) in [5.41, 5.74) is 0.657. The molecule has 4 nitrogen and oxygen atoms in total. The maximum absolute atomic E-state index is 9.07. The van der Waals surface area contributed by atoms with E-state index >= 15 is 0 Å². The van der Waals surface area contributed by atoms with Gasteiger partial charge < -0.3 is 10.2 Å². The number of hydrogen-bond donors (Lipinski definition) is 1. The number of aromatic nitrogens is 1. The Morgan fingerprint density at radius 2 is 2.44 bits per heavy atom. The van der Waals surface area contributed by atoms with Crippen molar-refractivity contribution >= 4 is 5.82 Å². The van der Waals surface area contributed by atoms with E-state index in [9.17, 15) is 0 Å². The zero-order valence-electron chi connectivity index (χ0n) is 9.48. The molecule has 0 spiro atoms. The van der Waals surface area contributed by atoms with Crippen LogP contribution in [0.2, 0.25) is 0 Å². The first-order valence-electron chi connectivity index (χ1n) is 5.66. The molecule has 2 rings (SSSR count). The van der Waals surface area contributed by atoms with E-state index in [1.54, 1.807) is 12.3 Å². The van der Waals surface area contributed by atoms with Gasteiger partial charge in [0.15, 0.2) is 0 Å². The third kappa shape index (κ3) is 2.00. The van der Waals surface area contributed by atoms with Crippen LogP contribution >= 0.6 is 0 Å². The van der Waals surface area contributed by atoms with E-state index in [0.717, 1.165) is 18.8 Å². The molecule has 4 heteroatoms. The molecule has 1 N–H and O–H groups in total. The predicted molar refractivity (Wildman–Crippen MR) is 63.0 cm³/mol. The summed E-state index contributed by atoms with van der Waals surface area (Å²) in [6.45, 7) is 0.969. The lowest BCUT2D eigenvalue weighted by molar-refractivity contribution is 0.415. The number of nitrogens with one attached hydrogen (secondary N) is 1. The first-order valence-corrected chi connectivity index (χ1v) is 5.66. The molecule has 16 heavy (non-hydrogen) atoms. The molecule has 2 heterocycles. The number of rotatable bonds is 2. The van der Waals surface area contributed by atoms with Crippen molar-refractivity contribution in [1.29, 1.82) is 5.26 Å². The average Bonchev–Trinajstić information content (AvgIpc) is 2.38. The maximum Gasteiger partial charge on any atom is 0.147 e. The number of piperidine rings is 1. The van der Waals surface area contributed by atoms with Crippen LogP contribution in [-0.2, 0) is 0 Å². The lowest BCUT2D eigenvalue weighted by Crippen LogP contribution is -2.48. The minimum Gasteiger partial charge on any atom is -0.340 e. The fourth-order valence-corrected chi connectivity index (χ4v) is 2.20. The Morgan fingerprint density at radius 3 is 3.19 bits per heavy atom. The molecule has 1 fully saturated rings. The van der Waals surface area contributed by atoms with E-state index < -0.39 is 0 Å². The molecule has 0 aromatic carbocycles. The first-order chi connectivity index (χ1) is 7.86. The average molecular weight is 216 g/mol. The maximum atomic E-state index is 9.07. The van der Waals surface area contributed by atoms with Crippen LogP contribution in [0.3, 0.4) is 0 Å². The molecular weight excluding hydrogens is 200 g/mol. The molecule has 1 unspecified atom stereocenters. The highest BCUT2D eigenvalue weighted by molar-refractivity contribution is 5.54. The van der Waals surface area contributed by atoms with E-state index in [-0.39, 0.29) is 0 Å². The fraction of sp³-hybridized carbons (Fsp3) is 0.500. The molecule has 1 atom stereocenters. The standard InChI is InChI=1S/C12H16N4/c1-14-11-6-2-3-8-16(11)12-10(9-13)5-4-7-15-12/h4-5,7,11,14H,2-3,6,8H2,1H3. The molecule has 1 aromatic rings. The zero-order valence-corrected chi connectivity index (χ0v) is 9.48. The van der Waals surface area contributed by atoms with Crippen LogP contribution in [0.25, 0.3) is 0 Å². The van der Waals surface area contributed by atoms with Crippen LogP contribution < -0.4 is 10.2 Å². The highest BCUT2D eigenvalue weighted by Gasteiger charge is 2.23. The largest absolute Gasteiger partial charge is 0.340 e. The fourth-order valence-electron chi connectivity index (χ4n) is 2.20. The third-order valence-corrected chi connectivity index (χ3v) is 3.02. The zero-order chi connectivity index (χ0) is 11.4. The lowest BCUT2D eigenvalue weighted by Gasteiger charge is -2.36. The SMILES string of the molecule is CNC1CCCCN1c1ncccc1C#N. The molecule has 0 aliphatic carbocycles. The van der Waals surface area contributed by atoms with Gasteiger partial charge in [-0.05, 0) is 38.4 Å². The van der Waals surface area contributed by atoms with Crippen LogP contribution in [0.4, 0.5) is 5.82 Å².